The second-order valence-corrected chi connectivity index (χ2v) is 6.89. The first kappa shape index (κ1) is 17.3. The summed E-state index contributed by atoms with van der Waals surface area (Å²) in [6, 6.07) is 0. The van der Waals surface area contributed by atoms with E-state index >= 15 is 0 Å². The molecular formula is C18H31NO3. The average molecular weight is 309 g/mol. The van der Waals surface area contributed by atoms with E-state index < -0.39 is 5.60 Å². The minimum atomic E-state index is -0.483. The summed E-state index contributed by atoms with van der Waals surface area (Å²) in [5, 5.41) is 0. The maximum Gasteiger partial charge on any atom is 0.307 e. The van der Waals surface area contributed by atoms with Crippen molar-refractivity contribution in [1.82, 2.24) is 4.90 Å². The van der Waals surface area contributed by atoms with Crippen LogP contribution in [0, 0.1) is 5.92 Å². The standard InChI is InChI=1S/C18H31NO3/c1-3-5-12-19(13-6-4-2)17(21)15-14-16(20)22-18(15)10-8-7-9-11-18/h15H,3-14H2,1-2H3. The van der Waals surface area contributed by atoms with Crippen LogP contribution in [0.3, 0.4) is 0 Å². The molecular weight excluding hydrogens is 278 g/mol. The van der Waals surface area contributed by atoms with Gasteiger partial charge in [-0.05, 0) is 38.5 Å². The first-order valence-corrected chi connectivity index (χ1v) is 9.13. The van der Waals surface area contributed by atoms with Crippen LogP contribution in [-0.4, -0.2) is 35.5 Å². The molecule has 0 N–H and O–H groups in total. The molecule has 22 heavy (non-hydrogen) atoms. The maximum absolute atomic E-state index is 13.1. The van der Waals surface area contributed by atoms with E-state index in [4.69, 9.17) is 4.74 Å². The minimum absolute atomic E-state index is 0.162. The van der Waals surface area contributed by atoms with Crippen LogP contribution in [0.5, 0.6) is 0 Å². The molecule has 1 heterocycles. The van der Waals surface area contributed by atoms with E-state index in [-0.39, 0.29) is 24.2 Å². The molecule has 1 spiro atoms. The Kier molecular flexibility index (Phi) is 6.27. The predicted octanol–water partition coefficient (Wildman–Crippen LogP) is 3.68. The number of ether oxygens (including phenoxy) is 1. The molecule has 1 aliphatic carbocycles. The van der Waals surface area contributed by atoms with Crippen molar-refractivity contribution in [3.63, 3.8) is 0 Å². The number of amides is 1. The van der Waals surface area contributed by atoms with Crippen LogP contribution in [0.15, 0.2) is 0 Å². The highest BCUT2D eigenvalue weighted by Crippen LogP contribution is 2.44. The van der Waals surface area contributed by atoms with Gasteiger partial charge in [0.2, 0.25) is 5.91 Å². The van der Waals surface area contributed by atoms with Crippen molar-refractivity contribution in [2.75, 3.05) is 13.1 Å². The third-order valence-electron chi connectivity index (χ3n) is 5.20. The number of rotatable bonds is 7. The van der Waals surface area contributed by atoms with Gasteiger partial charge >= 0.3 is 5.97 Å². The fourth-order valence-electron chi connectivity index (χ4n) is 3.86. The minimum Gasteiger partial charge on any atom is -0.458 e. The lowest BCUT2D eigenvalue weighted by molar-refractivity contribution is -0.155. The second-order valence-electron chi connectivity index (χ2n) is 6.89. The molecule has 4 nitrogen and oxygen atoms in total. The van der Waals surface area contributed by atoms with Gasteiger partial charge in [0.05, 0.1) is 12.3 Å². The zero-order valence-electron chi connectivity index (χ0n) is 14.2. The van der Waals surface area contributed by atoms with Gasteiger partial charge in [0.1, 0.15) is 5.60 Å². The topological polar surface area (TPSA) is 46.6 Å². The second kappa shape index (κ2) is 7.98. The Morgan fingerprint density at radius 1 is 1.14 bits per heavy atom. The Balaban J connectivity index is 2.10. The van der Waals surface area contributed by atoms with Crippen molar-refractivity contribution >= 4 is 11.9 Å². The molecule has 126 valence electrons. The van der Waals surface area contributed by atoms with Gasteiger partial charge in [-0.3, -0.25) is 9.59 Å². The van der Waals surface area contributed by atoms with Crippen LogP contribution in [0.4, 0.5) is 0 Å². The number of carbonyl (C=O) groups excluding carboxylic acids is 2. The molecule has 1 saturated heterocycles. The summed E-state index contributed by atoms with van der Waals surface area (Å²) in [7, 11) is 0. The third-order valence-corrected chi connectivity index (χ3v) is 5.20. The number of hydrogen-bond acceptors (Lipinski definition) is 3. The number of esters is 1. The molecule has 0 aromatic rings. The van der Waals surface area contributed by atoms with E-state index in [9.17, 15) is 9.59 Å². The van der Waals surface area contributed by atoms with Crippen LogP contribution in [0.2, 0.25) is 0 Å². The molecule has 4 heteroatoms. The van der Waals surface area contributed by atoms with Crippen LogP contribution in [-0.2, 0) is 14.3 Å². The average Bonchev–Trinajstić information content (AvgIpc) is 2.83. The summed E-state index contributed by atoms with van der Waals surface area (Å²) in [6.07, 6.45) is 9.58. The smallest absolute Gasteiger partial charge is 0.307 e. The molecule has 1 unspecified atom stereocenters. The quantitative estimate of drug-likeness (QED) is 0.674. The largest absolute Gasteiger partial charge is 0.458 e. The van der Waals surface area contributed by atoms with Gasteiger partial charge < -0.3 is 9.64 Å². The molecule has 0 bridgehead atoms. The molecule has 2 fully saturated rings. The van der Waals surface area contributed by atoms with Crippen LogP contribution < -0.4 is 0 Å². The lowest BCUT2D eigenvalue weighted by Gasteiger charge is -2.38. The number of unbranched alkanes of at least 4 members (excludes halogenated alkanes) is 2. The van der Waals surface area contributed by atoms with E-state index in [0.29, 0.717) is 0 Å². The molecule has 2 rings (SSSR count). The van der Waals surface area contributed by atoms with Crippen molar-refractivity contribution in [2.45, 2.75) is 83.7 Å². The highest BCUT2D eigenvalue weighted by atomic mass is 16.6. The summed E-state index contributed by atoms with van der Waals surface area (Å²) in [6.45, 7) is 5.92. The van der Waals surface area contributed by atoms with Crippen molar-refractivity contribution in [3.8, 4) is 0 Å². The molecule has 0 radical (unpaired) electrons. The highest BCUT2D eigenvalue weighted by molar-refractivity contribution is 5.88. The molecule has 1 saturated carbocycles. The number of nitrogens with zero attached hydrogens (tertiary/aromatic N) is 1. The van der Waals surface area contributed by atoms with Crippen molar-refractivity contribution in [1.29, 1.82) is 0 Å². The Morgan fingerprint density at radius 2 is 1.73 bits per heavy atom. The molecule has 0 aromatic carbocycles. The fraction of sp³-hybridized carbons (Fsp3) is 0.889. The Morgan fingerprint density at radius 3 is 2.27 bits per heavy atom. The van der Waals surface area contributed by atoms with Gasteiger partial charge in [0.25, 0.3) is 0 Å². The van der Waals surface area contributed by atoms with Crippen molar-refractivity contribution in [2.24, 2.45) is 5.92 Å². The van der Waals surface area contributed by atoms with E-state index in [2.05, 4.69) is 13.8 Å². The summed E-state index contributed by atoms with van der Waals surface area (Å²) in [4.78, 5) is 27.0. The van der Waals surface area contributed by atoms with Gasteiger partial charge in [-0.1, -0.05) is 33.1 Å². The van der Waals surface area contributed by atoms with Gasteiger partial charge in [0, 0.05) is 13.1 Å². The predicted molar refractivity (Wildman–Crippen MR) is 86.4 cm³/mol. The van der Waals surface area contributed by atoms with E-state index in [1.807, 2.05) is 4.90 Å². The van der Waals surface area contributed by atoms with Gasteiger partial charge in [-0.2, -0.15) is 0 Å². The van der Waals surface area contributed by atoms with E-state index in [0.717, 1.165) is 64.5 Å². The molecule has 0 aromatic heterocycles. The SMILES string of the molecule is CCCCN(CCCC)C(=O)C1CC(=O)OC12CCCCC2. The first-order valence-electron chi connectivity index (χ1n) is 9.13. The first-order chi connectivity index (χ1) is 10.6. The van der Waals surface area contributed by atoms with Crippen LogP contribution in [0.25, 0.3) is 0 Å². The van der Waals surface area contributed by atoms with Crippen molar-refractivity contribution < 1.29 is 14.3 Å². The summed E-state index contributed by atoms with van der Waals surface area (Å²) in [5.74, 6) is -0.255. The van der Waals surface area contributed by atoms with E-state index in [1.165, 1.54) is 6.42 Å². The van der Waals surface area contributed by atoms with Gasteiger partial charge in [0.15, 0.2) is 0 Å². The summed E-state index contributed by atoms with van der Waals surface area (Å²) >= 11 is 0. The molecule has 1 atom stereocenters. The summed E-state index contributed by atoms with van der Waals surface area (Å²) < 4.78 is 5.70. The Hall–Kier alpha value is -1.06. The normalized spacial score (nSPS) is 23.5. The van der Waals surface area contributed by atoms with Crippen LogP contribution >= 0.6 is 0 Å². The number of hydrogen-bond donors (Lipinski definition) is 0. The fourth-order valence-corrected chi connectivity index (χ4v) is 3.86. The monoisotopic (exact) mass is 309 g/mol. The highest BCUT2D eigenvalue weighted by Gasteiger charge is 2.53. The maximum atomic E-state index is 13.1. The molecule has 1 amide bonds. The molecule has 1 aliphatic heterocycles. The summed E-state index contributed by atoms with van der Waals surface area (Å²) in [5.41, 5.74) is -0.483. The zero-order valence-corrected chi connectivity index (χ0v) is 14.2. The molecule has 2 aliphatic rings. The Bertz CT molecular complexity index is 380. The lowest BCUT2D eigenvalue weighted by atomic mass is 9.75. The number of carbonyl (C=O) groups is 2. The Labute approximate surface area is 134 Å². The zero-order chi connectivity index (χ0) is 16.0. The van der Waals surface area contributed by atoms with Crippen molar-refractivity contribution in [3.05, 3.63) is 0 Å². The van der Waals surface area contributed by atoms with Gasteiger partial charge in [-0.15, -0.1) is 0 Å². The van der Waals surface area contributed by atoms with Gasteiger partial charge in [-0.25, -0.2) is 0 Å². The lowest BCUT2D eigenvalue weighted by Crippen LogP contribution is -2.47. The van der Waals surface area contributed by atoms with E-state index in [1.54, 1.807) is 0 Å². The third kappa shape index (κ3) is 3.82. The van der Waals surface area contributed by atoms with Crippen LogP contribution in [0.1, 0.15) is 78.1 Å².